The van der Waals surface area contributed by atoms with Crippen molar-refractivity contribution in [1.82, 2.24) is 0 Å². The summed E-state index contributed by atoms with van der Waals surface area (Å²) in [6.45, 7) is 6.53. The zero-order chi connectivity index (χ0) is 19.7. The van der Waals surface area contributed by atoms with Crippen molar-refractivity contribution in [3.05, 3.63) is 35.1 Å². The Kier molecular flexibility index (Phi) is 5.44. The van der Waals surface area contributed by atoms with Gasteiger partial charge in [-0.15, -0.1) is 0 Å². The quantitative estimate of drug-likeness (QED) is 0.736. The Labute approximate surface area is 166 Å². The maximum atomic E-state index is 12.3. The topological polar surface area (TPSA) is 62.9 Å². The second-order valence-corrected chi connectivity index (χ2v) is 7.68. The third kappa shape index (κ3) is 3.32. The lowest BCUT2D eigenvalue weighted by Crippen LogP contribution is -2.40. The molecule has 0 bridgehead atoms. The van der Waals surface area contributed by atoms with Gasteiger partial charge in [0.2, 0.25) is 0 Å². The first-order chi connectivity index (χ1) is 13.6. The van der Waals surface area contributed by atoms with Crippen molar-refractivity contribution in [2.45, 2.75) is 58.4 Å². The fraction of sp³-hybridized carbons (Fsp3) is 0.522. The molecule has 1 fully saturated rings. The molecule has 0 amide bonds. The predicted octanol–water partition coefficient (Wildman–Crippen LogP) is 5.27. The number of hydrogen-bond acceptors (Lipinski definition) is 4. The summed E-state index contributed by atoms with van der Waals surface area (Å²) in [5, 5.41) is 10.8. The van der Waals surface area contributed by atoms with Crippen molar-refractivity contribution >= 4 is 28.2 Å². The van der Waals surface area contributed by atoms with Gasteiger partial charge >= 0.3 is 5.97 Å². The summed E-state index contributed by atoms with van der Waals surface area (Å²) in [6.07, 6.45) is 8.02. The summed E-state index contributed by atoms with van der Waals surface area (Å²) in [7, 11) is 0. The van der Waals surface area contributed by atoms with Crippen LogP contribution in [0.15, 0.2) is 22.6 Å². The first-order valence-electron chi connectivity index (χ1n) is 10.5. The molecule has 28 heavy (non-hydrogen) atoms. The third-order valence-corrected chi connectivity index (χ3v) is 6.12. The largest absolute Gasteiger partial charge is 0.478 e. The van der Waals surface area contributed by atoms with Crippen LogP contribution in [0.4, 0.5) is 5.69 Å². The van der Waals surface area contributed by atoms with Gasteiger partial charge in [0.25, 0.3) is 0 Å². The van der Waals surface area contributed by atoms with Crippen molar-refractivity contribution in [2.24, 2.45) is 0 Å². The molecule has 150 valence electrons. The van der Waals surface area contributed by atoms with E-state index in [2.05, 4.69) is 24.0 Å². The molecule has 0 saturated carbocycles. The number of allylic oxidation sites excluding steroid dienone is 2. The molecule has 2 aromatic rings. The van der Waals surface area contributed by atoms with E-state index in [1.54, 1.807) is 0 Å². The first-order valence-corrected chi connectivity index (χ1v) is 10.5. The van der Waals surface area contributed by atoms with Gasteiger partial charge < -0.3 is 19.2 Å². The molecule has 0 atom stereocenters. The number of aromatic carboxylic acids is 1. The number of benzene rings is 1. The highest BCUT2D eigenvalue weighted by molar-refractivity contribution is 6.06. The van der Waals surface area contributed by atoms with E-state index >= 15 is 0 Å². The number of fused-ring (bicyclic) bond motifs is 1. The van der Waals surface area contributed by atoms with Gasteiger partial charge in [0.05, 0.1) is 5.56 Å². The van der Waals surface area contributed by atoms with E-state index in [9.17, 15) is 9.90 Å². The number of hydrogen-bond donors (Lipinski definition) is 1. The van der Waals surface area contributed by atoms with Crippen molar-refractivity contribution in [1.29, 1.82) is 0 Å². The second kappa shape index (κ2) is 8.00. The second-order valence-electron chi connectivity index (χ2n) is 7.68. The Bertz CT molecular complexity index is 905. The Balaban J connectivity index is 1.88. The molecule has 1 aromatic carbocycles. The molecule has 1 N–H and O–H groups in total. The van der Waals surface area contributed by atoms with Gasteiger partial charge in [-0.25, -0.2) is 4.79 Å². The number of anilines is 1. The molecular formula is C23H29NO4. The number of carbonyl (C=O) groups is 1. The molecule has 0 spiro atoms. The SMILES string of the molecule is CCc1c(N(CC)C2CCOCC2)cc2oc(C3=CCCC3)cc2c1C(=O)O. The van der Waals surface area contributed by atoms with Gasteiger partial charge in [-0.05, 0) is 62.7 Å². The van der Waals surface area contributed by atoms with Crippen molar-refractivity contribution in [2.75, 3.05) is 24.7 Å². The summed E-state index contributed by atoms with van der Waals surface area (Å²) >= 11 is 0. The normalized spacial score (nSPS) is 17.9. The molecule has 1 saturated heterocycles. The smallest absolute Gasteiger partial charge is 0.336 e. The van der Waals surface area contributed by atoms with E-state index in [1.165, 1.54) is 5.57 Å². The lowest BCUT2D eigenvalue weighted by atomic mass is 9.96. The summed E-state index contributed by atoms with van der Waals surface area (Å²) in [4.78, 5) is 14.6. The monoisotopic (exact) mass is 383 g/mol. The minimum atomic E-state index is -0.875. The van der Waals surface area contributed by atoms with E-state index in [-0.39, 0.29) is 0 Å². The van der Waals surface area contributed by atoms with Crippen LogP contribution < -0.4 is 4.90 Å². The van der Waals surface area contributed by atoms with Crippen LogP contribution in [0.1, 0.15) is 67.6 Å². The van der Waals surface area contributed by atoms with Gasteiger partial charge in [0.1, 0.15) is 11.3 Å². The number of furan rings is 1. The van der Waals surface area contributed by atoms with Gasteiger partial charge in [0, 0.05) is 42.9 Å². The molecule has 1 aliphatic carbocycles. The number of nitrogens with zero attached hydrogens (tertiary/aromatic N) is 1. The molecule has 2 heterocycles. The zero-order valence-electron chi connectivity index (χ0n) is 16.8. The number of carboxylic acid groups (broad SMARTS) is 1. The molecule has 0 radical (unpaired) electrons. The van der Waals surface area contributed by atoms with Gasteiger partial charge in [-0.2, -0.15) is 0 Å². The van der Waals surface area contributed by atoms with E-state index < -0.39 is 5.97 Å². The van der Waals surface area contributed by atoms with Crippen LogP contribution >= 0.6 is 0 Å². The van der Waals surface area contributed by atoms with Crippen LogP contribution in [0.3, 0.4) is 0 Å². The zero-order valence-corrected chi connectivity index (χ0v) is 16.8. The van der Waals surface area contributed by atoms with E-state index in [0.29, 0.717) is 23.6 Å². The highest BCUT2D eigenvalue weighted by atomic mass is 16.5. The van der Waals surface area contributed by atoms with Crippen LogP contribution in [0, 0.1) is 0 Å². The standard InChI is InChI=1S/C23H29NO4/c1-3-17-19(24(4-2)16-9-11-27-12-10-16)14-21-18(22(17)23(25)26)13-20(28-21)15-7-5-6-8-15/h7,13-14,16H,3-6,8-12H2,1-2H3,(H,25,26). The number of rotatable bonds is 6. The fourth-order valence-electron chi connectivity index (χ4n) is 4.74. The minimum Gasteiger partial charge on any atom is -0.478 e. The Morgan fingerprint density at radius 1 is 1.25 bits per heavy atom. The van der Waals surface area contributed by atoms with Gasteiger partial charge in [0.15, 0.2) is 0 Å². The summed E-state index contributed by atoms with van der Waals surface area (Å²) in [5.74, 6) is -0.0530. The fourth-order valence-corrected chi connectivity index (χ4v) is 4.74. The average molecular weight is 383 g/mol. The van der Waals surface area contributed by atoms with Crippen LogP contribution in [0.5, 0.6) is 0 Å². The van der Waals surface area contributed by atoms with Gasteiger partial charge in [-0.3, -0.25) is 0 Å². The van der Waals surface area contributed by atoms with Gasteiger partial charge in [-0.1, -0.05) is 13.0 Å². The van der Waals surface area contributed by atoms with Crippen molar-refractivity contribution in [3.8, 4) is 0 Å². The molecule has 5 nitrogen and oxygen atoms in total. The van der Waals surface area contributed by atoms with Crippen LogP contribution in [-0.2, 0) is 11.2 Å². The van der Waals surface area contributed by atoms with Crippen molar-refractivity contribution in [3.63, 3.8) is 0 Å². The lowest BCUT2D eigenvalue weighted by molar-refractivity contribution is 0.0697. The van der Waals surface area contributed by atoms with Crippen LogP contribution in [0.2, 0.25) is 0 Å². The highest BCUT2D eigenvalue weighted by Gasteiger charge is 2.28. The third-order valence-electron chi connectivity index (χ3n) is 6.12. The average Bonchev–Trinajstić information content (AvgIpc) is 3.37. The first kappa shape index (κ1) is 19.1. The maximum Gasteiger partial charge on any atom is 0.336 e. The molecule has 5 heteroatoms. The Morgan fingerprint density at radius 3 is 2.64 bits per heavy atom. The predicted molar refractivity (Wildman–Crippen MR) is 111 cm³/mol. The Hall–Kier alpha value is -2.27. The summed E-state index contributed by atoms with van der Waals surface area (Å²) in [6, 6.07) is 4.37. The molecular weight excluding hydrogens is 354 g/mol. The van der Waals surface area contributed by atoms with E-state index in [4.69, 9.17) is 9.15 Å². The van der Waals surface area contributed by atoms with E-state index in [0.717, 1.165) is 74.3 Å². The molecule has 0 unspecified atom stereocenters. The minimum absolute atomic E-state index is 0.370. The molecule has 4 rings (SSSR count). The maximum absolute atomic E-state index is 12.3. The van der Waals surface area contributed by atoms with Crippen LogP contribution in [-0.4, -0.2) is 36.9 Å². The lowest BCUT2D eigenvalue weighted by Gasteiger charge is -2.36. The van der Waals surface area contributed by atoms with Crippen molar-refractivity contribution < 1.29 is 19.1 Å². The van der Waals surface area contributed by atoms with E-state index in [1.807, 2.05) is 13.0 Å². The molecule has 1 aliphatic heterocycles. The summed E-state index contributed by atoms with van der Waals surface area (Å²) < 4.78 is 11.7. The molecule has 2 aliphatic rings. The van der Waals surface area contributed by atoms with Crippen LogP contribution in [0.25, 0.3) is 16.5 Å². The number of carboxylic acids is 1. The molecule has 1 aromatic heterocycles. The number of ether oxygens (including phenoxy) is 1. The summed E-state index contributed by atoms with van der Waals surface area (Å²) in [5.41, 5.74) is 4.18. The Morgan fingerprint density at radius 2 is 2.04 bits per heavy atom. The highest BCUT2D eigenvalue weighted by Crippen LogP contribution is 2.39.